The van der Waals surface area contributed by atoms with Gasteiger partial charge in [0, 0.05) is 29.0 Å². The second-order valence-electron chi connectivity index (χ2n) is 7.50. The predicted octanol–water partition coefficient (Wildman–Crippen LogP) is -3.65. The van der Waals surface area contributed by atoms with Gasteiger partial charge < -0.3 is 52.0 Å². The molecule has 13 nitrogen and oxygen atoms in total. The van der Waals surface area contributed by atoms with E-state index in [9.17, 15) is 0 Å². The Balaban J connectivity index is -0.000000272. The molecule has 0 unspecified atom stereocenters. The van der Waals surface area contributed by atoms with Crippen LogP contribution in [0.2, 0.25) is 0 Å². The van der Waals surface area contributed by atoms with Crippen LogP contribution in [-0.4, -0.2) is 62.0 Å². The summed E-state index contributed by atoms with van der Waals surface area (Å²) in [5, 5.41) is 26.4. The third-order valence-corrected chi connectivity index (χ3v) is 5.74. The minimum atomic E-state index is -1.55. The molecule has 45 heavy (non-hydrogen) atoms. The fourth-order valence-corrected chi connectivity index (χ4v) is 3.51. The number of nitrogen functional groups attached to an aromatic ring is 2. The van der Waals surface area contributed by atoms with Crippen LogP contribution in [0.1, 0.15) is 8.85 Å². The van der Waals surface area contributed by atoms with E-state index >= 15 is 0 Å². The first-order valence-corrected chi connectivity index (χ1v) is 12.6. The Hall–Kier alpha value is -2.57. The average Bonchev–Trinajstić information content (AvgIpc) is 3.02. The standard InChI is InChI=1S/C13H14N2O2.C8H11BO4.C5H5BrN2.CH2O3.CH4.2Na.H/c1-16-11-7-3-5-9(12(11)17-2)10-6-4-8-15-13(10)14;1-12-7-5-3-4-6(9(10)11)8(7)13-2;6-4-2-1-3-8-5(4)7;2-1-4-3;;;;/h3-8H,1-2H3,(H2,14,15);3-5,10-11H,1-2H3;1-3H,(H2,7,8);1,3H;1H4;;;/q;;;;;2*+1;-1/p-1. The molecule has 0 amide bonds. The molecule has 234 valence electrons. The quantitative estimate of drug-likeness (QED) is 0.0634. The van der Waals surface area contributed by atoms with Gasteiger partial charge in [0.2, 0.25) is 0 Å². The summed E-state index contributed by atoms with van der Waals surface area (Å²) in [4.78, 5) is 19.1. The van der Waals surface area contributed by atoms with Crippen LogP contribution in [-0.2, 0) is 9.68 Å². The molecule has 0 bridgehead atoms. The summed E-state index contributed by atoms with van der Waals surface area (Å²) >= 11 is 3.21. The molecule has 0 aliphatic heterocycles. The summed E-state index contributed by atoms with van der Waals surface area (Å²) < 4.78 is 21.4. The first-order chi connectivity index (χ1) is 20.2. The minimum absolute atomic E-state index is 0. The van der Waals surface area contributed by atoms with Crippen molar-refractivity contribution >= 4 is 46.6 Å². The van der Waals surface area contributed by atoms with Gasteiger partial charge in [0.15, 0.2) is 23.0 Å². The number of halogens is 1. The summed E-state index contributed by atoms with van der Waals surface area (Å²) in [5.41, 5.74) is 13.2. The van der Waals surface area contributed by atoms with Crippen LogP contribution >= 0.6 is 15.9 Å². The molecular weight excluding hydrogens is 673 g/mol. The van der Waals surface area contributed by atoms with Crippen LogP contribution in [0.3, 0.4) is 0 Å². The van der Waals surface area contributed by atoms with Gasteiger partial charge in [-0.2, -0.15) is 0 Å². The van der Waals surface area contributed by atoms with Crippen LogP contribution in [0.15, 0.2) is 77.5 Å². The molecule has 0 aliphatic rings. The Morgan fingerprint density at radius 3 is 1.64 bits per heavy atom. The maximum absolute atomic E-state index is 8.98. The molecule has 2 aromatic carbocycles. The molecule has 4 rings (SSSR count). The maximum atomic E-state index is 8.98. The molecule has 0 saturated carbocycles. The van der Waals surface area contributed by atoms with E-state index in [1.807, 2.05) is 42.5 Å². The van der Waals surface area contributed by atoms with Crippen molar-refractivity contribution in [3.05, 3.63) is 77.5 Å². The van der Waals surface area contributed by atoms with Gasteiger partial charge in [-0.25, -0.2) is 9.97 Å². The number of aromatic nitrogens is 2. The number of methoxy groups -OCH3 is 4. The molecule has 0 radical (unpaired) electrons. The smallest absolute Gasteiger partial charge is 1.00 e. The Labute approximate surface area is 317 Å². The normalized spacial score (nSPS) is 8.62. The van der Waals surface area contributed by atoms with Crippen molar-refractivity contribution in [3.8, 4) is 34.1 Å². The van der Waals surface area contributed by atoms with Crippen molar-refractivity contribution < 1.29 is 104 Å². The average molecular weight is 709 g/mol. The Bertz CT molecular complexity index is 1380. The zero-order valence-corrected chi connectivity index (χ0v) is 30.8. The first-order valence-electron chi connectivity index (χ1n) is 11.8. The van der Waals surface area contributed by atoms with E-state index in [1.165, 1.54) is 14.2 Å². The zero-order chi connectivity index (χ0) is 31.5. The molecule has 2 heterocycles. The van der Waals surface area contributed by atoms with E-state index < -0.39 is 7.12 Å². The fourth-order valence-electron chi connectivity index (χ4n) is 3.26. The Kier molecular flexibility index (Phi) is 27.7. The van der Waals surface area contributed by atoms with Crippen LogP contribution in [0.5, 0.6) is 23.0 Å². The summed E-state index contributed by atoms with van der Waals surface area (Å²) in [7, 11) is 4.60. The number of benzene rings is 2. The number of rotatable bonds is 7. The van der Waals surface area contributed by atoms with Crippen molar-refractivity contribution in [1.82, 2.24) is 9.97 Å². The third kappa shape index (κ3) is 15.5. The number of ether oxygens (including phenoxy) is 4. The van der Waals surface area contributed by atoms with Gasteiger partial charge in [0.1, 0.15) is 11.6 Å². The number of anilines is 2. The summed E-state index contributed by atoms with van der Waals surface area (Å²) in [6.07, 6.45) is 3.31. The van der Waals surface area contributed by atoms with Crippen molar-refractivity contribution in [3.63, 3.8) is 0 Å². The van der Waals surface area contributed by atoms with Gasteiger partial charge in [-0.1, -0.05) is 31.7 Å². The summed E-state index contributed by atoms with van der Waals surface area (Å²) in [6, 6.07) is 18.0. The van der Waals surface area contributed by atoms with Crippen molar-refractivity contribution in [1.29, 1.82) is 0 Å². The molecule has 0 spiro atoms. The number of hydrogen-bond acceptors (Lipinski definition) is 13. The fraction of sp³-hybridized carbons (Fsp3) is 0.179. The largest absolute Gasteiger partial charge is 1.00 e. The summed E-state index contributed by atoms with van der Waals surface area (Å²) in [5.74, 6) is 3.17. The van der Waals surface area contributed by atoms with Gasteiger partial charge in [-0.3, -0.25) is 4.79 Å². The Morgan fingerprint density at radius 1 is 0.778 bits per heavy atom. The van der Waals surface area contributed by atoms with Gasteiger partial charge >= 0.3 is 66.2 Å². The molecule has 0 atom stereocenters. The van der Waals surface area contributed by atoms with Crippen LogP contribution in [0.25, 0.3) is 11.1 Å². The van der Waals surface area contributed by atoms with Crippen LogP contribution < -0.4 is 100 Å². The molecule has 17 heteroatoms. The Morgan fingerprint density at radius 2 is 1.24 bits per heavy atom. The monoisotopic (exact) mass is 708 g/mol. The van der Waals surface area contributed by atoms with Gasteiger partial charge in [0.05, 0.1) is 32.9 Å². The second-order valence-corrected chi connectivity index (χ2v) is 8.35. The molecule has 0 aliphatic carbocycles. The minimum Gasteiger partial charge on any atom is -1.00 e. The predicted molar refractivity (Wildman–Crippen MR) is 168 cm³/mol. The topological polar surface area (TPSA) is 205 Å². The molecule has 6 N–H and O–H groups in total. The van der Waals surface area contributed by atoms with Crippen molar-refractivity contribution in [2.24, 2.45) is 0 Å². The molecule has 2 aromatic heterocycles. The molecule has 0 saturated heterocycles. The van der Waals surface area contributed by atoms with E-state index in [2.05, 4.69) is 30.8 Å². The number of hydrogen-bond donors (Lipinski definition) is 4. The van der Waals surface area contributed by atoms with E-state index in [-0.39, 0.29) is 74.4 Å². The zero-order valence-electron chi connectivity index (χ0n) is 26.3. The van der Waals surface area contributed by atoms with E-state index in [1.54, 1.807) is 44.8 Å². The van der Waals surface area contributed by atoms with E-state index in [0.29, 0.717) is 40.1 Å². The third-order valence-electron chi connectivity index (χ3n) is 5.07. The van der Waals surface area contributed by atoms with Crippen LogP contribution in [0.4, 0.5) is 11.6 Å². The number of nitrogens with two attached hydrogens (primary N) is 2. The van der Waals surface area contributed by atoms with E-state index in [0.717, 1.165) is 15.6 Å². The number of para-hydroxylation sites is 2. The molecular formula is C28H36BBrN4Na2O9. The second kappa shape index (κ2) is 26.6. The number of nitrogens with zero attached hydrogens (tertiary/aromatic N) is 2. The van der Waals surface area contributed by atoms with Gasteiger partial charge in [-0.15, -0.1) is 0 Å². The molecule has 0 fully saturated rings. The number of pyridine rings is 2. The molecule has 4 aromatic rings. The van der Waals surface area contributed by atoms with Crippen LogP contribution in [0, 0.1) is 0 Å². The van der Waals surface area contributed by atoms with Crippen molar-refractivity contribution in [2.75, 3.05) is 39.9 Å². The number of carbonyl (C=O) groups excluding carboxylic acids is 1. The SMILES string of the molecule is C.COc1cccc(-c2cccnc2N)c1OC.COc1cccc(B(O)O)c1OC.Nc1ncccc1Br.O=CO[O-].[H-].[Na+].[Na+]. The maximum Gasteiger partial charge on any atom is 1.00 e. The van der Waals surface area contributed by atoms with Crippen molar-refractivity contribution in [2.45, 2.75) is 7.43 Å². The van der Waals surface area contributed by atoms with Gasteiger partial charge in [0.25, 0.3) is 6.47 Å². The first kappa shape index (κ1) is 46.8. The number of carbonyl (C=O) groups is 1. The van der Waals surface area contributed by atoms with Gasteiger partial charge in [-0.05, 0) is 52.3 Å². The van der Waals surface area contributed by atoms with E-state index in [4.69, 9.17) is 50.5 Å². The summed E-state index contributed by atoms with van der Waals surface area (Å²) in [6.45, 7) is -0.181.